The molecule has 86 valence electrons. The molecule has 0 aliphatic heterocycles. The van der Waals surface area contributed by atoms with Gasteiger partial charge in [-0.25, -0.2) is 4.79 Å². The van der Waals surface area contributed by atoms with Crippen LogP contribution >= 0.6 is 0 Å². The van der Waals surface area contributed by atoms with Gasteiger partial charge in [-0.1, -0.05) is 0 Å². The predicted molar refractivity (Wildman–Crippen MR) is 58.7 cm³/mol. The minimum absolute atomic E-state index is 0.00242. The minimum atomic E-state index is -0.435. The molecule has 0 aliphatic carbocycles. The highest BCUT2D eigenvalue weighted by atomic mass is 16.6. The molecule has 1 rings (SSSR count). The number of carbonyl (C=O) groups is 2. The summed E-state index contributed by atoms with van der Waals surface area (Å²) in [4.78, 5) is 22.0. The molecule has 0 saturated carbocycles. The molecule has 0 fully saturated rings. The number of carbonyl (C=O) groups excluding carboxylic acids is 2. The summed E-state index contributed by atoms with van der Waals surface area (Å²) in [6.07, 6.45) is 0. The fourth-order valence-electron chi connectivity index (χ4n) is 1.23. The Morgan fingerprint density at radius 3 is 2.50 bits per heavy atom. The monoisotopic (exact) mass is 222 g/mol. The molecule has 4 nitrogen and oxygen atoms in total. The first-order chi connectivity index (χ1) is 7.54. The summed E-state index contributed by atoms with van der Waals surface area (Å²) in [5.41, 5.74) is 1.44. The largest absolute Gasteiger partial charge is 0.482 e. The van der Waals surface area contributed by atoms with E-state index in [0.29, 0.717) is 11.3 Å². The smallest absolute Gasteiger partial charge is 0.343 e. The van der Waals surface area contributed by atoms with Gasteiger partial charge < -0.3 is 9.47 Å². The Labute approximate surface area is 94.2 Å². The van der Waals surface area contributed by atoms with E-state index in [-0.39, 0.29) is 12.4 Å². The summed E-state index contributed by atoms with van der Waals surface area (Å²) in [5.74, 6) is 0.146. The van der Waals surface area contributed by atoms with Crippen LogP contribution in [0.1, 0.15) is 22.8 Å². The van der Waals surface area contributed by atoms with Crippen LogP contribution in [0.3, 0.4) is 0 Å². The zero-order chi connectivity index (χ0) is 12.1. The van der Waals surface area contributed by atoms with E-state index in [2.05, 4.69) is 4.74 Å². The van der Waals surface area contributed by atoms with Crippen LogP contribution < -0.4 is 4.74 Å². The van der Waals surface area contributed by atoms with Crippen LogP contribution in [0.4, 0.5) is 0 Å². The third-order valence-corrected chi connectivity index (χ3v) is 2.15. The summed E-state index contributed by atoms with van der Waals surface area (Å²) in [5, 5.41) is 0. The number of rotatable bonds is 4. The quantitative estimate of drug-likeness (QED) is 0.575. The summed E-state index contributed by atoms with van der Waals surface area (Å²) in [7, 11) is 1.30. The Kier molecular flexibility index (Phi) is 4.05. The molecule has 1 aromatic rings. The molecule has 4 heteroatoms. The molecule has 0 amide bonds. The summed E-state index contributed by atoms with van der Waals surface area (Å²) >= 11 is 0. The van der Waals surface area contributed by atoms with Crippen molar-refractivity contribution in [3.63, 3.8) is 0 Å². The molecule has 0 saturated heterocycles. The van der Waals surface area contributed by atoms with E-state index >= 15 is 0 Å². The lowest BCUT2D eigenvalue weighted by Gasteiger charge is -2.08. The van der Waals surface area contributed by atoms with Gasteiger partial charge in [0.05, 0.1) is 7.11 Å². The first-order valence-corrected chi connectivity index (χ1v) is 4.86. The number of benzene rings is 1. The molecule has 0 aromatic heterocycles. The molecular weight excluding hydrogens is 208 g/mol. The van der Waals surface area contributed by atoms with Crippen molar-refractivity contribution in [1.29, 1.82) is 0 Å². The molecule has 0 radical (unpaired) electrons. The second-order valence-electron chi connectivity index (χ2n) is 3.40. The van der Waals surface area contributed by atoms with E-state index in [1.807, 2.05) is 6.92 Å². The van der Waals surface area contributed by atoms with Crippen molar-refractivity contribution in [2.75, 3.05) is 13.7 Å². The number of ether oxygens (including phenoxy) is 2. The average molecular weight is 222 g/mol. The first-order valence-electron chi connectivity index (χ1n) is 4.86. The van der Waals surface area contributed by atoms with E-state index in [1.54, 1.807) is 18.2 Å². The summed E-state index contributed by atoms with van der Waals surface area (Å²) in [6.45, 7) is 3.19. The fraction of sp³-hybridized carbons (Fsp3) is 0.333. The molecule has 1 aromatic carbocycles. The highest BCUT2D eigenvalue weighted by Crippen LogP contribution is 2.19. The van der Waals surface area contributed by atoms with Crippen molar-refractivity contribution in [3.8, 4) is 5.75 Å². The van der Waals surface area contributed by atoms with E-state index in [9.17, 15) is 9.59 Å². The summed E-state index contributed by atoms with van der Waals surface area (Å²) < 4.78 is 9.69. The van der Waals surface area contributed by atoms with Crippen LogP contribution in [0, 0.1) is 6.92 Å². The van der Waals surface area contributed by atoms with Crippen LogP contribution in [0.15, 0.2) is 18.2 Å². The number of aryl methyl sites for hydroxylation is 1. The maximum atomic E-state index is 11.1. The lowest BCUT2D eigenvalue weighted by atomic mass is 10.1. The molecule has 0 N–H and O–H groups in total. The number of hydrogen-bond acceptors (Lipinski definition) is 4. The van der Waals surface area contributed by atoms with Gasteiger partial charge in [0.25, 0.3) is 0 Å². The highest BCUT2D eigenvalue weighted by molar-refractivity contribution is 5.94. The number of methoxy groups -OCH3 is 1. The van der Waals surface area contributed by atoms with Gasteiger partial charge in [-0.3, -0.25) is 4.79 Å². The third kappa shape index (κ3) is 3.08. The number of Topliss-reactive ketones (excluding diaryl/α,β-unsaturated/α-hetero) is 1. The topological polar surface area (TPSA) is 52.6 Å². The Bertz CT molecular complexity index is 409. The van der Waals surface area contributed by atoms with Gasteiger partial charge in [0.15, 0.2) is 12.4 Å². The molecule has 16 heavy (non-hydrogen) atoms. The lowest BCUT2D eigenvalue weighted by molar-refractivity contribution is -0.142. The molecule has 0 spiro atoms. The number of esters is 1. The van der Waals surface area contributed by atoms with Gasteiger partial charge in [0, 0.05) is 5.56 Å². The zero-order valence-corrected chi connectivity index (χ0v) is 9.57. The number of hydrogen-bond donors (Lipinski definition) is 0. The van der Waals surface area contributed by atoms with Gasteiger partial charge in [0.1, 0.15) is 5.75 Å². The second-order valence-corrected chi connectivity index (χ2v) is 3.40. The molecular formula is C12H14O4. The van der Waals surface area contributed by atoms with Gasteiger partial charge in [-0.05, 0) is 37.6 Å². The lowest BCUT2D eigenvalue weighted by Crippen LogP contribution is -2.13. The minimum Gasteiger partial charge on any atom is -0.482 e. The Morgan fingerprint density at radius 2 is 2.00 bits per heavy atom. The maximum absolute atomic E-state index is 11.1. The van der Waals surface area contributed by atoms with E-state index in [0.717, 1.165) is 5.56 Å². The summed E-state index contributed by atoms with van der Waals surface area (Å²) in [6, 6.07) is 5.08. The predicted octanol–water partition coefficient (Wildman–Crippen LogP) is 1.75. The molecule has 0 aliphatic rings. The van der Waals surface area contributed by atoms with Crippen molar-refractivity contribution in [2.24, 2.45) is 0 Å². The van der Waals surface area contributed by atoms with E-state index in [4.69, 9.17) is 4.74 Å². The van der Waals surface area contributed by atoms with Gasteiger partial charge in [-0.2, -0.15) is 0 Å². The normalized spacial score (nSPS) is 9.69. The van der Waals surface area contributed by atoms with E-state index < -0.39 is 5.97 Å². The average Bonchev–Trinajstić information content (AvgIpc) is 2.26. The molecule has 0 heterocycles. The van der Waals surface area contributed by atoms with Crippen LogP contribution in [0.25, 0.3) is 0 Å². The van der Waals surface area contributed by atoms with Crippen molar-refractivity contribution in [3.05, 3.63) is 29.3 Å². The van der Waals surface area contributed by atoms with Gasteiger partial charge in [0.2, 0.25) is 0 Å². The van der Waals surface area contributed by atoms with Gasteiger partial charge >= 0.3 is 5.97 Å². The van der Waals surface area contributed by atoms with Crippen molar-refractivity contribution in [2.45, 2.75) is 13.8 Å². The van der Waals surface area contributed by atoms with E-state index in [1.165, 1.54) is 14.0 Å². The van der Waals surface area contributed by atoms with Crippen LogP contribution in [0.2, 0.25) is 0 Å². The van der Waals surface area contributed by atoms with Crippen molar-refractivity contribution < 1.29 is 19.1 Å². The first kappa shape index (κ1) is 12.2. The zero-order valence-electron chi connectivity index (χ0n) is 9.57. The Morgan fingerprint density at radius 1 is 1.31 bits per heavy atom. The van der Waals surface area contributed by atoms with Crippen LogP contribution in [0.5, 0.6) is 5.75 Å². The SMILES string of the molecule is COC(=O)COc1ccc(C(C)=O)cc1C. The maximum Gasteiger partial charge on any atom is 0.343 e. The fourth-order valence-corrected chi connectivity index (χ4v) is 1.23. The van der Waals surface area contributed by atoms with Crippen molar-refractivity contribution >= 4 is 11.8 Å². The molecule has 0 bridgehead atoms. The van der Waals surface area contributed by atoms with Gasteiger partial charge in [-0.15, -0.1) is 0 Å². The van der Waals surface area contributed by atoms with Crippen LogP contribution in [-0.4, -0.2) is 25.5 Å². The van der Waals surface area contributed by atoms with Crippen LogP contribution in [-0.2, 0) is 9.53 Å². The van der Waals surface area contributed by atoms with Crippen molar-refractivity contribution in [1.82, 2.24) is 0 Å². The Balaban J connectivity index is 2.75. The molecule has 0 unspecified atom stereocenters. The Hall–Kier alpha value is -1.84. The second kappa shape index (κ2) is 5.30. The highest BCUT2D eigenvalue weighted by Gasteiger charge is 2.06. The third-order valence-electron chi connectivity index (χ3n) is 2.15. The number of ketones is 1. The molecule has 0 atom stereocenters. The standard InChI is InChI=1S/C12H14O4/c1-8-6-10(9(2)13)4-5-11(8)16-7-12(14)15-3/h4-6H,7H2,1-3H3.